The Morgan fingerprint density at radius 1 is 1.26 bits per heavy atom. The minimum absolute atomic E-state index is 0.0384. The summed E-state index contributed by atoms with van der Waals surface area (Å²) in [5.74, 6) is 0.376. The molecule has 4 nitrogen and oxygen atoms in total. The van der Waals surface area contributed by atoms with Crippen LogP contribution >= 0.6 is 11.8 Å². The van der Waals surface area contributed by atoms with Crippen LogP contribution in [0.5, 0.6) is 0 Å². The molecule has 6 heteroatoms. The van der Waals surface area contributed by atoms with Gasteiger partial charge in [-0.15, -0.1) is 11.8 Å². The average Bonchev–Trinajstić information content (AvgIpc) is 2.69. The lowest BCUT2D eigenvalue weighted by molar-refractivity contribution is -0.120. The van der Waals surface area contributed by atoms with Crippen LogP contribution in [0.2, 0.25) is 0 Å². The Bertz CT molecular complexity index is 675. The van der Waals surface area contributed by atoms with E-state index in [0.717, 1.165) is 4.90 Å². The van der Waals surface area contributed by atoms with E-state index in [1.807, 2.05) is 12.1 Å². The highest BCUT2D eigenvalue weighted by Gasteiger charge is 2.39. The van der Waals surface area contributed by atoms with E-state index in [9.17, 15) is 13.2 Å². The van der Waals surface area contributed by atoms with Crippen LogP contribution in [0.1, 0.15) is 39.7 Å². The van der Waals surface area contributed by atoms with E-state index in [1.54, 1.807) is 6.92 Å². The van der Waals surface area contributed by atoms with E-state index < -0.39 is 15.4 Å². The Labute approximate surface area is 143 Å². The van der Waals surface area contributed by atoms with Crippen molar-refractivity contribution in [3.8, 4) is 0 Å². The van der Waals surface area contributed by atoms with E-state index in [0.29, 0.717) is 12.2 Å². The maximum absolute atomic E-state index is 12.1. The van der Waals surface area contributed by atoms with Crippen molar-refractivity contribution in [1.82, 2.24) is 5.32 Å². The molecule has 1 aromatic carbocycles. The van der Waals surface area contributed by atoms with Gasteiger partial charge in [-0.25, -0.2) is 8.42 Å². The van der Waals surface area contributed by atoms with Crippen molar-refractivity contribution in [2.45, 2.75) is 50.0 Å². The van der Waals surface area contributed by atoms with E-state index in [2.05, 4.69) is 38.2 Å². The zero-order chi connectivity index (χ0) is 17.3. The molecule has 1 saturated heterocycles. The molecular formula is C17H25NO3S2. The molecule has 0 aromatic heterocycles. The Morgan fingerprint density at radius 3 is 2.35 bits per heavy atom. The topological polar surface area (TPSA) is 63.2 Å². The van der Waals surface area contributed by atoms with Crippen molar-refractivity contribution in [2.75, 3.05) is 17.3 Å². The first-order valence-corrected chi connectivity index (χ1v) is 10.5. The average molecular weight is 356 g/mol. The van der Waals surface area contributed by atoms with E-state index in [1.165, 1.54) is 17.3 Å². The standard InChI is InChI=1S/C17H25NO3S2/c1-16(2,3)13-5-7-14(8-6-13)22-11-15(19)18-17(4)9-10-23(20,21)12-17/h5-8H,9-12H2,1-4H3,(H,18,19)/t17-/m1/s1. The van der Waals surface area contributed by atoms with Crippen molar-refractivity contribution in [2.24, 2.45) is 0 Å². The highest BCUT2D eigenvalue weighted by atomic mass is 32.2. The van der Waals surface area contributed by atoms with Crippen molar-refractivity contribution < 1.29 is 13.2 Å². The number of amides is 1. The molecule has 1 fully saturated rings. The highest BCUT2D eigenvalue weighted by molar-refractivity contribution is 8.00. The molecule has 128 valence electrons. The Hall–Kier alpha value is -1.01. The van der Waals surface area contributed by atoms with E-state index >= 15 is 0 Å². The van der Waals surface area contributed by atoms with Gasteiger partial charge in [0.05, 0.1) is 22.8 Å². The van der Waals surface area contributed by atoms with E-state index in [-0.39, 0.29) is 22.8 Å². The van der Waals surface area contributed by atoms with Crippen molar-refractivity contribution in [1.29, 1.82) is 0 Å². The van der Waals surface area contributed by atoms with Crippen LogP contribution in [0.4, 0.5) is 0 Å². The summed E-state index contributed by atoms with van der Waals surface area (Å²) in [6.07, 6.45) is 0.492. The maximum atomic E-state index is 12.1. The van der Waals surface area contributed by atoms with Gasteiger partial charge in [-0.1, -0.05) is 32.9 Å². The number of benzene rings is 1. The smallest absolute Gasteiger partial charge is 0.230 e. The summed E-state index contributed by atoms with van der Waals surface area (Å²) in [7, 11) is -3.01. The molecule has 1 atom stereocenters. The van der Waals surface area contributed by atoms with Gasteiger partial charge in [0.2, 0.25) is 5.91 Å². The van der Waals surface area contributed by atoms with Crippen LogP contribution in [0, 0.1) is 0 Å². The minimum atomic E-state index is -3.01. The summed E-state index contributed by atoms with van der Waals surface area (Å²) in [5.41, 5.74) is 0.755. The molecule has 1 aliphatic rings. The van der Waals surface area contributed by atoms with Crippen LogP contribution in [0.3, 0.4) is 0 Å². The third-order valence-electron chi connectivity index (χ3n) is 4.03. The fourth-order valence-corrected chi connectivity index (χ4v) is 5.47. The summed E-state index contributed by atoms with van der Waals surface area (Å²) in [4.78, 5) is 13.1. The minimum Gasteiger partial charge on any atom is -0.349 e. The number of carbonyl (C=O) groups excluding carboxylic acids is 1. The molecule has 1 N–H and O–H groups in total. The van der Waals surface area contributed by atoms with Crippen LogP contribution in [0.25, 0.3) is 0 Å². The Balaban J connectivity index is 1.87. The normalized spacial score (nSPS) is 23.7. The van der Waals surface area contributed by atoms with Gasteiger partial charge in [0.1, 0.15) is 0 Å². The predicted molar refractivity (Wildman–Crippen MR) is 95.7 cm³/mol. The second kappa shape index (κ2) is 6.48. The van der Waals surface area contributed by atoms with E-state index in [4.69, 9.17) is 0 Å². The van der Waals surface area contributed by atoms with Crippen LogP contribution in [-0.2, 0) is 20.0 Å². The number of sulfone groups is 1. The second-order valence-corrected chi connectivity index (χ2v) is 10.7. The first-order valence-electron chi connectivity index (χ1n) is 7.74. The molecule has 0 bridgehead atoms. The Kier molecular flexibility index (Phi) is 5.16. The molecule has 23 heavy (non-hydrogen) atoms. The fourth-order valence-electron chi connectivity index (χ4n) is 2.68. The summed E-state index contributed by atoms with van der Waals surface area (Å²) < 4.78 is 23.1. The highest BCUT2D eigenvalue weighted by Crippen LogP contribution is 2.26. The van der Waals surface area contributed by atoms with Crippen molar-refractivity contribution in [3.63, 3.8) is 0 Å². The third-order valence-corrected chi connectivity index (χ3v) is 6.95. The SMILES string of the molecule is CC(C)(C)c1ccc(SCC(=O)N[C@]2(C)CCS(=O)(=O)C2)cc1. The maximum Gasteiger partial charge on any atom is 0.230 e. The molecular weight excluding hydrogens is 330 g/mol. The van der Waals surface area contributed by atoms with Gasteiger partial charge in [0.25, 0.3) is 0 Å². The summed E-state index contributed by atoms with van der Waals surface area (Å²) >= 11 is 1.47. The van der Waals surface area contributed by atoms with Gasteiger partial charge in [-0.2, -0.15) is 0 Å². The zero-order valence-corrected chi connectivity index (χ0v) is 15.8. The zero-order valence-electron chi connectivity index (χ0n) is 14.2. The van der Waals surface area contributed by atoms with Crippen LogP contribution < -0.4 is 5.32 Å². The lowest BCUT2D eigenvalue weighted by atomic mass is 9.87. The lowest BCUT2D eigenvalue weighted by Crippen LogP contribution is -2.47. The van der Waals surface area contributed by atoms with Crippen LogP contribution in [-0.4, -0.2) is 37.1 Å². The quantitative estimate of drug-likeness (QED) is 0.844. The van der Waals surface area contributed by atoms with Crippen LogP contribution in [0.15, 0.2) is 29.2 Å². The number of hydrogen-bond donors (Lipinski definition) is 1. The second-order valence-electron chi connectivity index (χ2n) is 7.51. The summed E-state index contributed by atoms with van der Waals surface area (Å²) in [6, 6.07) is 8.23. The molecule has 1 aromatic rings. The Morgan fingerprint density at radius 2 is 1.87 bits per heavy atom. The molecule has 1 aliphatic heterocycles. The predicted octanol–water partition coefficient (Wildman–Crippen LogP) is 2.77. The number of nitrogens with one attached hydrogen (secondary N) is 1. The molecule has 1 heterocycles. The molecule has 0 radical (unpaired) electrons. The summed E-state index contributed by atoms with van der Waals surface area (Å²) in [5, 5.41) is 2.88. The fraction of sp³-hybridized carbons (Fsp3) is 0.588. The number of hydrogen-bond acceptors (Lipinski definition) is 4. The van der Waals surface area contributed by atoms with Gasteiger partial charge >= 0.3 is 0 Å². The van der Waals surface area contributed by atoms with Gasteiger partial charge in [-0.05, 0) is 36.5 Å². The number of rotatable bonds is 4. The van der Waals surface area contributed by atoms with Gasteiger partial charge in [0, 0.05) is 4.90 Å². The molecule has 0 saturated carbocycles. The number of carbonyl (C=O) groups is 1. The number of thioether (sulfide) groups is 1. The third kappa shape index (κ3) is 5.24. The lowest BCUT2D eigenvalue weighted by Gasteiger charge is -2.23. The first kappa shape index (κ1) is 18.3. The monoisotopic (exact) mass is 355 g/mol. The molecule has 0 spiro atoms. The molecule has 0 unspecified atom stereocenters. The molecule has 0 aliphatic carbocycles. The largest absolute Gasteiger partial charge is 0.349 e. The molecule has 1 amide bonds. The summed E-state index contributed by atoms with van der Waals surface area (Å²) in [6.45, 7) is 8.30. The van der Waals surface area contributed by atoms with Crippen molar-refractivity contribution >= 4 is 27.5 Å². The van der Waals surface area contributed by atoms with Gasteiger partial charge < -0.3 is 5.32 Å². The first-order chi connectivity index (χ1) is 10.5. The van der Waals surface area contributed by atoms with Gasteiger partial charge in [0.15, 0.2) is 9.84 Å². The van der Waals surface area contributed by atoms with Crippen molar-refractivity contribution in [3.05, 3.63) is 29.8 Å². The molecule has 2 rings (SSSR count). The van der Waals surface area contributed by atoms with Gasteiger partial charge in [-0.3, -0.25) is 4.79 Å².